The summed E-state index contributed by atoms with van der Waals surface area (Å²) in [6.45, 7) is 1.95. The number of hydrogen-bond acceptors (Lipinski definition) is 1. The van der Waals surface area contributed by atoms with Gasteiger partial charge in [0.05, 0.1) is 0 Å². The molecule has 1 nitrogen and oxygen atoms in total. The topological polar surface area (TPSA) is 20.2 Å². The van der Waals surface area contributed by atoms with Gasteiger partial charge in [-0.3, -0.25) is 0 Å². The first-order chi connectivity index (χ1) is 5.17. The van der Waals surface area contributed by atoms with Gasteiger partial charge in [-0.2, -0.15) is 0 Å². The number of hydrogen-bond donors (Lipinski definition) is 1. The van der Waals surface area contributed by atoms with Crippen LogP contribution in [-0.2, 0) is 0 Å². The Labute approximate surface area is 73.6 Å². The average molecular weight is 230 g/mol. The second-order valence-corrected chi connectivity index (χ2v) is 10.8. The minimum absolute atomic E-state index is 0.734. The summed E-state index contributed by atoms with van der Waals surface area (Å²) in [5.74, 6) is 0. The van der Waals surface area contributed by atoms with Crippen molar-refractivity contribution < 1.29 is 4.10 Å². The summed E-state index contributed by atoms with van der Waals surface area (Å²) in [6, 6.07) is 9.62. The standard InChI is InChI=1S/C8H11AsOS/c1-2-9(10,11)8-6-4-3-5-7-8/h3-7H,2H2,1H3,(H,10,11). The molecule has 0 aliphatic rings. The van der Waals surface area contributed by atoms with E-state index in [1.807, 2.05) is 37.3 Å². The Morgan fingerprint density at radius 2 is 1.91 bits per heavy atom. The predicted molar refractivity (Wildman–Crippen MR) is 52.1 cm³/mol. The normalized spacial score (nSPS) is 15.8. The summed E-state index contributed by atoms with van der Waals surface area (Å²) in [6.07, 6.45) is 0. The molecule has 3 heteroatoms. The van der Waals surface area contributed by atoms with E-state index in [2.05, 4.69) is 0 Å². The molecule has 1 aromatic carbocycles. The first-order valence-corrected chi connectivity index (χ1v) is 9.31. The van der Waals surface area contributed by atoms with Gasteiger partial charge in [-0.25, -0.2) is 0 Å². The van der Waals surface area contributed by atoms with Crippen molar-refractivity contribution in [3.05, 3.63) is 30.3 Å². The van der Waals surface area contributed by atoms with Crippen molar-refractivity contribution in [2.24, 2.45) is 0 Å². The Morgan fingerprint density at radius 3 is 2.36 bits per heavy atom. The van der Waals surface area contributed by atoms with E-state index in [0.717, 1.165) is 9.56 Å². The van der Waals surface area contributed by atoms with E-state index in [4.69, 9.17) is 10.4 Å². The number of benzene rings is 1. The van der Waals surface area contributed by atoms with Gasteiger partial charge >= 0.3 is 73.5 Å². The van der Waals surface area contributed by atoms with Crippen molar-refractivity contribution in [1.82, 2.24) is 0 Å². The molecule has 11 heavy (non-hydrogen) atoms. The fraction of sp³-hybridized carbons (Fsp3) is 0.250. The average Bonchev–Trinajstić information content (AvgIpc) is 2.06. The molecule has 0 radical (unpaired) electrons. The van der Waals surface area contributed by atoms with Crippen LogP contribution in [-0.4, -0.2) is 16.3 Å². The van der Waals surface area contributed by atoms with Crippen LogP contribution in [0.2, 0.25) is 5.21 Å². The van der Waals surface area contributed by atoms with E-state index in [-0.39, 0.29) is 0 Å². The van der Waals surface area contributed by atoms with Crippen molar-refractivity contribution in [1.29, 1.82) is 0 Å². The van der Waals surface area contributed by atoms with Crippen LogP contribution in [0.15, 0.2) is 30.3 Å². The van der Waals surface area contributed by atoms with Crippen LogP contribution in [0.1, 0.15) is 6.92 Å². The summed E-state index contributed by atoms with van der Waals surface area (Å²) >= 11 is -2.80. The monoisotopic (exact) mass is 230 g/mol. The molecule has 0 heterocycles. The van der Waals surface area contributed by atoms with E-state index in [1.165, 1.54) is 0 Å². The molecule has 1 N–H and O–H groups in total. The zero-order valence-electron chi connectivity index (χ0n) is 6.40. The second-order valence-electron chi connectivity index (χ2n) is 2.35. The Kier molecular flexibility index (Phi) is 2.94. The van der Waals surface area contributed by atoms with E-state index in [1.54, 1.807) is 0 Å². The van der Waals surface area contributed by atoms with Crippen LogP contribution in [0, 0.1) is 0 Å². The molecule has 0 saturated carbocycles. The molecule has 1 aromatic rings. The van der Waals surface area contributed by atoms with Crippen molar-refractivity contribution in [3.8, 4) is 0 Å². The van der Waals surface area contributed by atoms with Crippen LogP contribution in [0.3, 0.4) is 0 Å². The zero-order chi connectivity index (χ0) is 8.32. The second kappa shape index (κ2) is 3.57. The Hall–Kier alpha value is -0.0416. The van der Waals surface area contributed by atoms with Gasteiger partial charge in [0.15, 0.2) is 0 Å². The van der Waals surface area contributed by atoms with Crippen molar-refractivity contribution >= 4 is 27.0 Å². The van der Waals surface area contributed by atoms with Crippen molar-refractivity contribution in [2.45, 2.75) is 12.1 Å². The van der Waals surface area contributed by atoms with E-state index < -0.39 is 12.2 Å². The Bertz CT molecular complexity index is 271. The maximum atomic E-state index is 9.78. The molecular formula is C8H11AsOS. The third-order valence-electron chi connectivity index (χ3n) is 1.59. The third kappa shape index (κ3) is 2.19. The molecule has 60 valence electrons. The van der Waals surface area contributed by atoms with Gasteiger partial charge in [-0.15, -0.1) is 0 Å². The molecule has 0 aromatic heterocycles. The van der Waals surface area contributed by atoms with Crippen LogP contribution in [0.5, 0.6) is 0 Å². The van der Waals surface area contributed by atoms with Gasteiger partial charge in [-0.1, -0.05) is 0 Å². The van der Waals surface area contributed by atoms with Crippen LogP contribution in [0.4, 0.5) is 0 Å². The van der Waals surface area contributed by atoms with Gasteiger partial charge in [0.25, 0.3) is 0 Å². The quantitative estimate of drug-likeness (QED) is 0.778. The summed E-state index contributed by atoms with van der Waals surface area (Å²) in [7, 11) is 5.14. The SMILES string of the molecule is CC[As](O)(=S)c1ccccc1. The first-order valence-electron chi connectivity index (χ1n) is 3.54. The first kappa shape index (κ1) is 9.05. The van der Waals surface area contributed by atoms with Gasteiger partial charge in [-0.05, 0) is 0 Å². The van der Waals surface area contributed by atoms with Crippen LogP contribution in [0.25, 0.3) is 0 Å². The summed E-state index contributed by atoms with van der Waals surface area (Å²) < 4.78 is 10.8. The molecule has 1 rings (SSSR count). The Balaban J connectivity index is 3.03. The van der Waals surface area contributed by atoms with E-state index >= 15 is 0 Å². The summed E-state index contributed by atoms with van der Waals surface area (Å²) in [4.78, 5) is 0. The van der Waals surface area contributed by atoms with Crippen molar-refractivity contribution in [2.75, 3.05) is 0 Å². The van der Waals surface area contributed by atoms with Crippen LogP contribution >= 0.6 is 10.4 Å². The van der Waals surface area contributed by atoms with Crippen LogP contribution < -0.4 is 4.35 Å². The van der Waals surface area contributed by atoms with Gasteiger partial charge < -0.3 is 0 Å². The fourth-order valence-electron chi connectivity index (χ4n) is 0.844. The van der Waals surface area contributed by atoms with Gasteiger partial charge in [0.2, 0.25) is 0 Å². The zero-order valence-corrected chi connectivity index (χ0v) is 9.09. The molecule has 0 saturated heterocycles. The Morgan fingerprint density at radius 1 is 1.36 bits per heavy atom. The third-order valence-corrected chi connectivity index (χ3v) is 8.14. The molecule has 0 fully saturated rings. The van der Waals surface area contributed by atoms with E-state index in [9.17, 15) is 4.10 Å². The van der Waals surface area contributed by atoms with Gasteiger partial charge in [0.1, 0.15) is 0 Å². The molecule has 0 aliphatic heterocycles. The maximum absolute atomic E-state index is 9.78. The summed E-state index contributed by atoms with van der Waals surface area (Å²) in [5, 5.41) is 0.734. The minimum atomic E-state index is -2.80. The molecular weight excluding hydrogens is 219 g/mol. The molecule has 0 spiro atoms. The summed E-state index contributed by atoms with van der Waals surface area (Å²) in [5.41, 5.74) is 0. The van der Waals surface area contributed by atoms with Gasteiger partial charge in [0, 0.05) is 0 Å². The van der Waals surface area contributed by atoms with E-state index in [0.29, 0.717) is 0 Å². The van der Waals surface area contributed by atoms with Crippen molar-refractivity contribution in [3.63, 3.8) is 0 Å². The molecule has 1 atom stereocenters. The molecule has 0 aliphatic carbocycles. The molecule has 1 unspecified atom stereocenters. The number of rotatable bonds is 2. The molecule has 0 bridgehead atoms. The molecule has 0 amide bonds. The fourth-order valence-corrected chi connectivity index (χ4v) is 3.58. The predicted octanol–water partition coefficient (Wildman–Crippen LogP) is 1.55.